The summed E-state index contributed by atoms with van der Waals surface area (Å²) >= 11 is 3.36. The van der Waals surface area contributed by atoms with Gasteiger partial charge in [0.2, 0.25) is 5.91 Å². The lowest BCUT2D eigenvalue weighted by Crippen LogP contribution is -2.45. The summed E-state index contributed by atoms with van der Waals surface area (Å²) in [5, 5.41) is 2.78. The lowest BCUT2D eigenvalue weighted by Gasteiger charge is -2.36. The zero-order chi connectivity index (χ0) is 16.5. The molecule has 1 aliphatic rings. The fourth-order valence-corrected chi connectivity index (χ4v) is 3.29. The van der Waals surface area contributed by atoms with Gasteiger partial charge in [0.05, 0.1) is 6.04 Å². The van der Waals surface area contributed by atoms with Crippen LogP contribution in [0.4, 0.5) is 0 Å². The number of amides is 1. The van der Waals surface area contributed by atoms with Crippen molar-refractivity contribution >= 4 is 33.4 Å². The van der Waals surface area contributed by atoms with Crippen molar-refractivity contribution < 1.29 is 14.4 Å². The molecule has 1 aliphatic carbocycles. The summed E-state index contributed by atoms with van der Waals surface area (Å²) < 4.78 is 0.903. The normalized spacial score (nSPS) is 19.8. The van der Waals surface area contributed by atoms with Crippen LogP contribution in [0.3, 0.4) is 0 Å². The SMILES string of the molecule is CC(=O)NC(c1ccc(Br)cc1)C1C(=O)CC(C)(C)CC1=O. The number of Topliss-reactive ketones (excluding diaryl/α,β-unsaturated/α-hetero) is 2. The van der Waals surface area contributed by atoms with E-state index in [-0.39, 0.29) is 22.9 Å². The fourth-order valence-electron chi connectivity index (χ4n) is 3.03. The van der Waals surface area contributed by atoms with E-state index in [0.717, 1.165) is 10.0 Å². The van der Waals surface area contributed by atoms with E-state index in [1.54, 1.807) is 0 Å². The number of nitrogens with one attached hydrogen (secondary N) is 1. The molecule has 1 aromatic carbocycles. The minimum absolute atomic E-state index is 0.0945. The Kier molecular flexibility index (Phi) is 4.85. The van der Waals surface area contributed by atoms with Crippen LogP contribution >= 0.6 is 15.9 Å². The second-order valence-electron chi connectivity index (χ2n) is 6.66. The number of rotatable bonds is 3. The van der Waals surface area contributed by atoms with Gasteiger partial charge in [-0.25, -0.2) is 0 Å². The van der Waals surface area contributed by atoms with Gasteiger partial charge in [0.1, 0.15) is 17.5 Å². The van der Waals surface area contributed by atoms with E-state index in [0.29, 0.717) is 12.8 Å². The second-order valence-corrected chi connectivity index (χ2v) is 7.57. The van der Waals surface area contributed by atoms with Crippen LogP contribution in [0.25, 0.3) is 0 Å². The van der Waals surface area contributed by atoms with E-state index in [1.165, 1.54) is 6.92 Å². The molecule has 0 saturated heterocycles. The average Bonchev–Trinajstić information content (AvgIpc) is 2.35. The molecule has 1 amide bonds. The van der Waals surface area contributed by atoms with E-state index in [9.17, 15) is 14.4 Å². The fraction of sp³-hybridized carbons (Fsp3) is 0.471. The van der Waals surface area contributed by atoms with E-state index in [2.05, 4.69) is 21.2 Å². The van der Waals surface area contributed by atoms with Gasteiger partial charge >= 0.3 is 0 Å². The molecular formula is C17H20BrNO3. The minimum atomic E-state index is -0.793. The van der Waals surface area contributed by atoms with Gasteiger partial charge in [-0.05, 0) is 23.1 Å². The van der Waals surface area contributed by atoms with E-state index in [1.807, 2.05) is 38.1 Å². The molecule has 1 unspecified atom stereocenters. The van der Waals surface area contributed by atoms with Gasteiger partial charge in [0.15, 0.2) is 0 Å². The standard InChI is InChI=1S/C17H20BrNO3/c1-10(20)19-16(11-4-6-12(18)7-5-11)15-13(21)8-17(2,3)9-14(15)22/h4-7,15-16H,8-9H2,1-3H3,(H,19,20). The lowest BCUT2D eigenvalue weighted by molar-refractivity contribution is -0.141. The van der Waals surface area contributed by atoms with Crippen molar-refractivity contribution in [3.63, 3.8) is 0 Å². The Labute approximate surface area is 138 Å². The molecule has 0 bridgehead atoms. The Bertz CT molecular complexity index is 587. The third-order valence-corrected chi connectivity index (χ3v) is 4.45. The Morgan fingerprint density at radius 3 is 2.14 bits per heavy atom. The van der Waals surface area contributed by atoms with Gasteiger partial charge < -0.3 is 5.32 Å². The number of ketones is 2. The summed E-state index contributed by atoms with van der Waals surface area (Å²) in [6.07, 6.45) is 0.714. The summed E-state index contributed by atoms with van der Waals surface area (Å²) in [5.74, 6) is -1.23. The topological polar surface area (TPSA) is 63.2 Å². The predicted molar refractivity (Wildman–Crippen MR) is 87.2 cm³/mol. The molecular weight excluding hydrogens is 346 g/mol. The van der Waals surface area contributed by atoms with Crippen LogP contribution in [0.15, 0.2) is 28.7 Å². The summed E-state index contributed by atoms with van der Waals surface area (Å²) in [7, 11) is 0. The lowest BCUT2D eigenvalue weighted by atomic mass is 9.68. The molecule has 0 aromatic heterocycles. The molecule has 1 saturated carbocycles. The number of carbonyl (C=O) groups is 3. The van der Waals surface area contributed by atoms with Crippen molar-refractivity contribution in [3.05, 3.63) is 34.3 Å². The third kappa shape index (κ3) is 3.83. The monoisotopic (exact) mass is 365 g/mol. The smallest absolute Gasteiger partial charge is 0.217 e. The Morgan fingerprint density at radius 2 is 1.68 bits per heavy atom. The van der Waals surface area contributed by atoms with Crippen LogP contribution in [-0.2, 0) is 14.4 Å². The van der Waals surface area contributed by atoms with Gasteiger partial charge in [0.25, 0.3) is 0 Å². The van der Waals surface area contributed by atoms with Crippen LogP contribution in [-0.4, -0.2) is 17.5 Å². The maximum Gasteiger partial charge on any atom is 0.217 e. The number of benzene rings is 1. The largest absolute Gasteiger partial charge is 0.348 e. The maximum atomic E-state index is 12.5. The molecule has 2 rings (SSSR count). The van der Waals surface area contributed by atoms with Crippen molar-refractivity contribution in [2.24, 2.45) is 11.3 Å². The number of hydrogen-bond donors (Lipinski definition) is 1. The zero-order valence-corrected chi connectivity index (χ0v) is 14.6. The predicted octanol–water partition coefficient (Wildman–Crippen LogP) is 3.20. The molecule has 0 aliphatic heterocycles. The first-order valence-corrected chi connectivity index (χ1v) is 8.07. The highest BCUT2D eigenvalue weighted by molar-refractivity contribution is 9.10. The molecule has 4 nitrogen and oxygen atoms in total. The van der Waals surface area contributed by atoms with E-state index < -0.39 is 12.0 Å². The van der Waals surface area contributed by atoms with Crippen molar-refractivity contribution in [1.82, 2.24) is 5.32 Å². The molecule has 5 heteroatoms. The molecule has 0 spiro atoms. The van der Waals surface area contributed by atoms with Gasteiger partial charge in [-0.1, -0.05) is 41.9 Å². The Morgan fingerprint density at radius 1 is 1.18 bits per heavy atom. The number of halogens is 1. The van der Waals surface area contributed by atoms with Crippen LogP contribution in [0, 0.1) is 11.3 Å². The van der Waals surface area contributed by atoms with Crippen molar-refractivity contribution in [1.29, 1.82) is 0 Å². The quantitative estimate of drug-likeness (QED) is 0.836. The third-order valence-electron chi connectivity index (χ3n) is 3.92. The summed E-state index contributed by atoms with van der Waals surface area (Å²) in [6.45, 7) is 5.24. The first kappa shape index (κ1) is 16.9. The van der Waals surface area contributed by atoms with Crippen LogP contribution in [0.1, 0.15) is 45.2 Å². The highest BCUT2D eigenvalue weighted by atomic mass is 79.9. The van der Waals surface area contributed by atoms with Gasteiger partial charge in [-0.15, -0.1) is 0 Å². The molecule has 1 fully saturated rings. The van der Waals surface area contributed by atoms with E-state index >= 15 is 0 Å². The summed E-state index contributed by atoms with van der Waals surface area (Å²) in [4.78, 5) is 36.5. The second kappa shape index (κ2) is 6.32. The summed E-state index contributed by atoms with van der Waals surface area (Å²) in [5.41, 5.74) is 0.468. The van der Waals surface area contributed by atoms with Crippen LogP contribution in [0.2, 0.25) is 0 Å². The summed E-state index contributed by atoms with van der Waals surface area (Å²) in [6, 6.07) is 6.73. The van der Waals surface area contributed by atoms with Crippen LogP contribution < -0.4 is 5.32 Å². The molecule has 0 heterocycles. The Balaban J connectivity index is 2.37. The molecule has 1 atom stereocenters. The number of carbonyl (C=O) groups excluding carboxylic acids is 3. The van der Waals surface area contributed by atoms with Crippen molar-refractivity contribution in [2.75, 3.05) is 0 Å². The minimum Gasteiger partial charge on any atom is -0.348 e. The molecule has 0 radical (unpaired) electrons. The van der Waals surface area contributed by atoms with Gasteiger partial charge in [-0.2, -0.15) is 0 Å². The zero-order valence-electron chi connectivity index (χ0n) is 13.0. The molecule has 22 heavy (non-hydrogen) atoms. The highest BCUT2D eigenvalue weighted by Gasteiger charge is 2.44. The first-order chi connectivity index (χ1) is 10.2. The molecule has 1 N–H and O–H groups in total. The van der Waals surface area contributed by atoms with Gasteiger partial charge in [0, 0.05) is 24.2 Å². The maximum absolute atomic E-state index is 12.5. The molecule has 1 aromatic rings. The van der Waals surface area contributed by atoms with Crippen molar-refractivity contribution in [2.45, 2.75) is 39.7 Å². The Hall–Kier alpha value is -1.49. The van der Waals surface area contributed by atoms with Crippen LogP contribution in [0.5, 0.6) is 0 Å². The van der Waals surface area contributed by atoms with Crippen molar-refractivity contribution in [3.8, 4) is 0 Å². The first-order valence-electron chi connectivity index (χ1n) is 7.27. The highest BCUT2D eigenvalue weighted by Crippen LogP contribution is 2.38. The molecule has 118 valence electrons. The average molecular weight is 366 g/mol. The van der Waals surface area contributed by atoms with Gasteiger partial charge in [-0.3, -0.25) is 14.4 Å². The van der Waals surface area contributed by atoms with E-state index in [4.69, 9.17) is 0 Å². The number of hydrogen-bond acceptors (Lipinski definition) is 3.